The molecule has 0 fully saturated rings. The van der Waals surface area contributed by atoms with Crippen LogP contribution in [-0.4, -0.2) is 22.3 Å². The van der Waals surface area contributed by atoms with Crippen LogP contribution in [0.4, 0.5) is 0 Å². The lowest BCUT2D eigenvalue weighted by molar-refractivity contribution is 0.0271. The van der Waals surface area contributed by atoms with Gasteiger partial charge >= 0.3 is 0 Å². The van der Waals surface area contributed by atoms with Crippen molar-refractivity contribution in [1.82, 2.24) is 4.98 Å². The number of hydrogen-bond acceptors (Lipinski definition) is 4. The highest BCUT2D eigenvalue weighted by Crippen LogP contribution is 2.43. The summed E-state index contributed by atoms with van der Waals surface area (Å²) in [6, 6.07) is 7.82. The van der Waals surface area contributed by atoms with Crippen LogP contribution in [0, 0.1) is 0 Å². The number of hydrogen-bond donors (Lipinski definition) is 1. The summed E-state index contributed by atoms with van der Waals surface area (Å²) in [5.41, 5.74) is 1.69. The Bertz CT molecular complexity index is 957. The van der Waals surface area contributed by atoms with Gasteiger partial charge in [-0.15, -0.1) is 0 Å². The Balaban J connectivity index is 1.59. The first-order chi connectivity index (χ1) is 12.7. The molecule has 2 aromatic heterocycles. The van der Waals surface area contributed by atoms with E-state index in [1.165, 1.54) is 0 Å². The molecular weight excluding hydrogens is 362 g/mol. The Labute approximate surface area is 164 Å². The van der Waals surface area contributed by atoms with E-state index in [0.29, 0.717) is 24.5 Å². The third-order valence-corrected chi connectivity index (χ3v) is 5.45. The van der Waals surface area contributed by atoms with E-state index in [1.54, 1.807) is 12.4 Å². The number of aliphatic hydroxyl groups is 1. The van der Waals surface area contributed by atoms with E-state index in [0.717, 1.165) is 40.0 Å². The molecule has 1 aromatic carbocycles. The highest BCUT2D eigenvalue weighted by molar-refractivity contribution is 6.30. The summed E-state index contributed by atoms with van der Waals surface area (Å²) in [4.78, 5) is 4.08. The second-order valence-electron chi connectivity index (χ2n) is 8.40. The van der Waals surface area contributed by atoms with Crippen LogP contribution in [0.1, 0.15) is 44.1 Å². The number of nitrogens with zero attached hydrogens (tertiary/aromatic N) is 1. The molecule has 1 aliphatic rings. The maximum absolute atomic E-state index is 11.2. The molecule has 0 spiro atoms. The fraction of sp³-hybridized carbons (Fsp3) is 0.409. The second-order valence-corrected chi connectivity index (χ2v) is 8.84. The molecule has 0 aliphatic carbocycles. The van der Waals surface area contributed by atoms with Crippen LogP contribution in [0.25, 0.3) is 11.0 Å². The lowest BCUT2D eigenvalue weighted by Gasteiger charge is -2.35. The average molecular weight is 386 g/mol. The van der Waals surface area contributed by atoms with Crippen LogP contribution in [0.2, 0.25) is 5.02 Å². The lowest BCUT2D eigenvalue weighted by Crippen LogP contribution is -2.36. The molecule has 4 nitrogen and oxygen atoms in total. The van der Waals surface area contributed by atoms with Gasteiger partial charge < -0.3 is 14.3 Å². The minimum atomic E-state index is -0.946. The smallest absolute Gasteiger partial charge is 0.152 e. The number of halogens is 1. The summed E-state index contributed by atoms with van der Waals surface area (Å²) >= 11 is 6.34. The van der Waals surface area contributed by atoms with Crippen molar-refractivity contribution in [3.63, 3.8) is 0 Å². The van der Waals surface area contributed by atoms with Gasteiger partial charge in [0, 0.05) is 35.0 Å². The standard InChI is InChI=1S/C22H24ClNO3/c1-21(2,18-10-16(23)8-15-5-7-26-20(15)18)13-22(3,25)11-17-9-14-4-6-24-12-19(14)27-17/h4,6,8-10,12,25H,5,7,11,13H2,1-3H3. The topological polar surface area (TPSA) is 55.5 Å². The van der Waals surface area contributed by atoms with Crippen LogP contribution in [0.5, 0.6) is 5.75 Å². The van der Waals surface area contributed by atoms with E-state index in [-0.39, 0.29) is 5.41 Å². The first kappa shape index (κ1) is 18.3. The molecule has 3 aromatic rings. The van der Waals surface area contributed by atoms with E-state index < -0.39 is 5.60 Å². The molecule has 0 saturated carbocycles. The minimum Gasteiger partial charge on any atom is -0.493 e. The third kappa shape index (κ3) is 3.69. The first-order valence-electron chi connectivity index (χ1n) is 9.24. The molecule has 27 heavy (non-hydrogen) atoms. The van der Waals surface area contributed by atoms with Crippen molar-refractivity contribution in [2.75, 3.05) is 6.61 Å². The van der Waals surface area contributed by atoms with E-state index in [2.05, 4.69) is 18.8 Å². The molecule has 3 heterocycles. The van der Waals surface area contributed by atoms with Gasteiger partial charge in [-0.05, 0) is 48.6 Å². The van der Waals surface area contributed by atoms with Crippen LogP contribution >= 0.6 is 11.6 Å². The van der Waals surface area contributed by atoms with Crippen LogP contribution in [-0.2, 0) is 18.3 Å². The minimum absolute atomic E-state index is 0.309. The van der Waals surface area contributed by atoms with E-state index >= 15 is 0 Å². The zero-order valence-corrected chi connectivity index (χ0v) is 16.6. The van der Waals surface area contributed by atoms with Gasteiger partial charge in [0.2, 0.25) is 0 Å². The van der Waals surface area contributed by atoms with Gasteiger partial charge in [-0.1, -0.05) is 25.4 Å². The summed E-state index contributed by atoms with van der Waals surface area (Å²) in [5.74, 6) is 1.68. The van der Waals surface area contributed by atoms with Gasteiger partial charge in [0.15, 0.2) is 5.58 Å². The van der Waals surface area contributed by atoms with Gasteiger partial charge in [0.25, 0.3) is 0 Å². The highest BCUT2D eigenvalue weighted by Gasteiger charge is 2.36. The van der Waals surface area contributed by atoms with E-state index in [9.17, 15) is 5.11 Å². The predicted octanol–water partition coefficient (Wildman–Crippen LogP) is 5.08. The van der Waals surface area contributed by atoms with Crippen molar-refractivity contribution in [1.29, 1.82) is 0 Å². The van der Waals surface area contributed by atoms with Crippen molar-refractivity contribution in [2.24, 2.45) is 0 Å². The Kier molecular flexibility index (Phi) is 4.44. The average Bonchev–Trinajstić information content (AvgIpc) is 3.17. The molecule has 0 radical (unpaired) electrons. The zero-order valence-electron chi connectivity index (χ0n) is 15.9. The summed E-state index contributed by atoms with van der Waals surface area (Å²) in [7, 11) is 0. The normalized spacial score (nSPS) is 16.2. The van der Waals surface area contributed by atoms with Crippen molar-refractivity contribution < 1.29 is 14.3 Å². The van der Waals surface area contributed by atoms with Gasteiger partial charge in [-0.3, -0.25) is 4.98 Å². The maximum atomic E-state index is 11.2. The molecule has 0 amide bonds. The summed E-state index contributed by atoms with van der Waals surface area (Å²) < 4.78 is 11.7. The molecule has 1 atom stereocenters. The van der Waals surface area contributed by atoms with Gasteiger partial charge in [0.1, 0.15) is 11.5 Å². The number of pyridine rings is 1. The Morgan fingerprint density at radius 1 is 1.22 bits per heavy atom. The summed E-state index contributed by atoms with van der Waals surface area (Å²) in [6.07, 6.45) is 5.29. The van der Waals surface area contributed by atoms with Crippen molar-refractivity contribution in [2.45, 2.75) is 51.0 Å². The number of ether oxygens (including phenoxy) is 1. The van der Waals surface area contributed by atoms with Gasteiger partial charge in [0.05, 0.1) is 18.4 Å². The first-order valence-corrected chi connectivity index (χ1v) is 9.62. The number of rotatable bonds is 5. The Morgan fingerprint density at radius 3 is 2.81 bits per heavy atom. The van der Waals surface area contributed by atoms with E-state index in [1.807, 2.05) is 31.2 Å². The van der Waals surface area contributed by atoms with Crippen molar-refractivity contribution >= 4 is 22.6 Å². The van der Waals surface area contributed by atoms with Crippen LogP contribution < -0.4 is 4.74 Å². The van der Waals surface area contributed by atoms with Gasteiger partial charge in [-0.2, -0.15) is 0 Å². The molecule has 5 heteroatoms. The molecular formula is C22H24ClNO3. The molecule has 1 N–H and O–H groups in total. The molecule has 1 unspecified atom stereocenters. The molecule has 0 saturated heterocycles. The van der Waals surface area contributed by atoms with Crippen molar-refractivity contribution in [3.8, 4) is 5.75 Å². The number of fused-ring (bicyclic) bond motifs is 2. The maximum Gasteiger partial charge on any atom is 0.152 e. The quantitative estimate of drug-likeness (QED) is 0.665. The third-order valence-electron chi connectivity index (χ3n) is 5.23. The van der Waals surface area contributed by atoms with Gasteiger partial charge in [-0.25, -0.2) is 0 Å². The number of benzene rings is 1. The predicted molar refractivity (Wildman–Crippen MR) is 107 cm³/mol. The monoisotopic (exact) mass is 385 g/mol. The SMILES string of the molecule is CC(O)(Cc1cc2ccncc2o1)CC(C)(C)c1cc(Cl)cc2c1OCC2. The van der Waals surface area contributed by atoms with Crippen molar-refractivity contribution in [3.05, 3.63) is 58.6 Å². The Hall–Kier alpha value is -2.04. The Morgan fingerprint density at radius 2 is 2.04 bits per heavy atom. The van der Waals surface area contributed by atoms with Crippen LogP contribution in [0.3, 0.4) is 0 Å². The second kappa shape index (κ2) is 6.54. The zero-order chi connectivity index (χ0) is 19.2. The highest BCUT2D eigenvalue weighted by atomic mass is 35.5. The molecule has 0 bridgehead atoms. The molecule has 4 rings (SSSR count). The fourth-order valence-electron chi connectivity index (χ4n) is 4.28. The number of furan rings is 1. The summed E-state index contributed by atoms with van der Waals surface area (Å²) in [5, 5.41) is 12.9. The largest absolute Gasteiger partial charge is 0.493 e. The molecule has 142 valence electrons. The van der Waals surface area contributed by atoms with Crippen LogP contribution in [0.15, 0.2) is 41.1 Å². The summed E-state index contributed by atoms with van der Waals surface area (Å²) in [6.45, 7) is 6.78. The lowest BCUT2D eigenvalue weighted by atomic mass is 9.74. The molecule has 1 aliphatic heterocycles. The number of aromatic nitrogens is 1. The fourth-order valence-corrected chi connectivity index (χ4v) is 4.52. The van der Waals surface area contributed by atoms with E-state index in [4.69, 9.17) is 20.8 Å².